The van der Waals surface area contributed by atoms with Gasteiger partial charge < -0.3 is 15.1 Å². The summed E-state index contributed by atoms with van der Waals surface area (Å²) in [7, 11) is 3.54. The smallest absolute Gasteiger partial charge is 0.243 e. The number of thiophene rings is 1. The topological polar surface area (TPSA) is 47.9 Å². The summed E-state index contributed by atoms with van der Waals surface area (Å²) in [5.41, 5.74) is 0. The summed E-state index contributed by atoms with van der Waals surface area (Å²) in [5, 5.41) is 5.57. The van der Waals surface area contributed by atoms with Crippen molar-refractivity contribution in [3.8, 4) is 0 Å². The van der Waals surface area contributed by atoms with Gasteiger partial charge in [0.15, 0.2) is 5.96 Å². The summed E-state index contributed by atoms with van der Waals surface area (Å²) in [5.74, 6) is 2.30. The third kappa shape index (κ3) is 5.51. The molecule has 1 aliphatic rings. The molecule has 0 spiro atoms. The van der Waals surface area contributed by atoms with Crippen molar-refractivity contribution in [2.75, 3.05) is 40.3 Å². The molecule has 6 heteroatoms. The number of amides is 1. The van der Waals surface area contributed by atoms with Crippen LogP contribution in [-0.4, -0.2) is 61.9 Å². The van der Waals surface area contributed by atoms with E-state index < -0.39 is 0 Å². The van der Waals surface area contributed by atoms with E-state index in [1.165, 1.54) is 11.3 Å². The van der Waals surface area contributed by atoms with E-state index in [-0.39, 0.29) is 12.5 Å². The minimum absolute atomic E-state index is 0.0333. The van der Waals surface area contributed by atoms with Gasteiger partial charge in [0.1, 0.15) is 6.54 Å². The minimum atomic E-state index is 0.0333. The standard InChI is InChI=1S/C18H30N4OS/c1-14-8-10-22(13-15(14)2)18(20-12-17(23)21(3)4)19-9-7-16-6-5-11-24-16/h5-6,11,14-15H,7-10,12-13H2,1-4H3,(H,19,20). The molecule has 5 nitrogen and oxygen atoms in total. The number of carbonyl (C=O) groups excluding carboxylic acids is 1. The third-order valence-corrected chi connectivity index (χ3v) is 5.67. The highest BCUT2D eigenvalue weighted by Gasteiger charge is 2.24. The first-order valence-electron chi connectivity index (χ1n) is 8.73. The molecule has 1 aliphatic heterocycles. The van der Waals surface area contributed by atoms with E-state index >= 15 is 0 Å². The molecular formula is C18H30N4OS. The summed E-state index contributed by atoms with van der Waals surface area (Å²) in [6.07, 6.45) is 2.16. The Morgan fingerprint density at radius 3 is 2.83 bits per heavy atom. The lowest BCUT2D eigenvalue weighted by molar-refractivity contribution is -0.127. The number of rotatable bonds is 5. The van der Waals surface area contributed by atoms with Crippen LogP contribution in [0, 0.1) is 11.8 Å². The normalized spacial score (nSPS) is 21.7. The lowest BCUT2D eigenvalue weighted by atomic mass is 9.89. The van der Waals surface area contributed by atoms with E-state index in [2.05, 4.69) is 46.6 Å². The van der Waals surface area contributed by atoms with Crippen LogP contribution >= 0.6 is 11.3 Å². The van der Waals surface area contributed by atoms with Gasteiger partial charge in [0, 0.05) is 38.6 Å². The molecule has 2 rings (SSSR count). The maximum absolute atomic E-state index is 11.9. The first-order chi connectivity index (χ1) is 11.5. The fourth-order valence-electron chi connectivity index (χ4n) is 2.76. The highest BCUT2D eigenvalue weighted by Crippen LogP contribution is 2.22. The molecule has 0 aromatic carbocycles. The zero-order valence-electron chi connectivity index (χ0n) is 15.3. The molecule has 0 bridgehead atoms. The summed E-state index contributed by atoms with van der Waals surface area (Å²) in [6, 6.07) is 4.24. The number of nitrogens with zero attached hydrogens (tertiary/aromatic N) is 3. The fraction of sp³-hybridized carbons (Fsp3) is 0.667. The van der Waals surface area contributed by atoms with Crippen molar-refractivity contribution >= 4 is 23.2 Å². The van der Waals surface area contributed by atoms with Gasteiger partial charge in [0.2, 0.25) is 5.91 Å². The minimum Gasteiger partial charge on any atom is -0.356 e. The number of hydrogen-bond acceptors (Lipinski definition) is 3. The van der Waals surface area contributed by atoms with Crippen LogP contribution in [0.3, 0.4) is 0 Å². The molecule has 134 valence electrons. The third-order valence-electron chi connectivity index (χ3n) is 4.73. The van der Waals surface area contributed by atoms with Crippen LogP contribution in [0.25, 0.3) is 0 Å². The van der Waals surface area contributed by atoms with Crippen molar-refractivity contribution < 1.29 is 4.79 Å². The lowest BCUT2D eigenvalue weighted by Gasteiger charge is -2.37. The Morgan fingerprint density at radius 2 is 2.21 bits per heavy atom. The molecule has 1 amide bonds. The van der Waals surface area contributed by atoms with E-state index in [9.17, 15) is 4.79 Å². The molecule has 1 saturated heterocycles. The number of aliphatic imine (C=N–C) groups is 1. The molecule has 24 heavy (non-hydrogen) atoms. The van der Waals surface area contributed by atoms with Crippen molar-refractivity contribution in [1.29, 1.82) is 0 Å². The van der Waals surface area contributed by atoms with E-state index in [4.69, 9.17) is 0 Å². The predicted octanol–water partition coefficient (Wildman–Crippen LogP) is 2.30. The number of hydrogen-bond donors (Lipinski definition) is 1. The van der Waals surface area contributed by atoms with Crippen molar-refractivity contribution in [3.63, 3.8) is 0 Å². The molecule has 0 saturated carbocycles. The molecule has 1 fully saturated rings. The number of carbonyl (C=O) groups is 1. The molecular weight excluding hydrogens is 320 g/mol. The quantitative estimate of drug-likeness (QED) is 0.655. The fourth-order valence-corrected chi connectivity index (χ4v) is 3.47. The first kappa shape index (κ1) is 18.8. The van der Waals surface area contributed by atoms with Crippen LogP contribution in [0.2, 0.25) is 0 Å². The lowest BCUT2D eigenvalue weighted by Crippen LogP contribution is -2.48. The van der Waals surface area contributed by atoms with Gasteiger partial charge in [0.25, 0.3) is 0 Å². The van der Waals surface area contributed by atoms with Crippen molar-refractivity contribution in [2.24, 2.45) is 16.8 Å². The molecule has 1 aromatic rings. The van der Waals surface area contributed by atoms with Gasteiger partial charge in [-0.25, -0.2) is 4.99 Å². The van der Waals surface area contributed by atoms with Crippen molar-refractivity contribution in [3.05, 3.63) is 22.4 Å². The molecule has 1 N–H and O–H groups in total. The molecule has 2 unspecified atom stereocenters. The summed E-state index contributed by atoms with van der Waals surface area (Å²) in [4.78, 5) is 21.7. The average Bonchev–Trinajstić information content (AvgIpc) is 3.06. The van der Waals surface area contributed by atoms with E-state index in [1.807, 2.05) is 0 Å². The zero-order valence-corrected chi connectivity index (χ0v) is 16.1. The van der Waals surface area contributed by atoms with E-state index in [1.54, 1.807) is 30.3 Å². The Kier molecular flexibility index (Phi) is 7.09. The maximum atomic E-state index is 11.9. The van der Waals surface area contributed by atoms with Gasteiger partial charge in [-0.3, -0.25) is 4.79 Å². The number of piperidine rings is 1. The van der Waals surface area contributed by atoms with Crippen molar-refractivity contribution in [2.45, 2.75) is 26.7 Å². The second-order valence-electron chi connectivity index (χ2n) is 6.87. The first-order valence-corrected chi connectivity index (χ1v) is 9.61. The second kappa shape index (κ2) is 9.06. The van der Waals surface area contributed by atoms with Crippen LogP contribution in [0.1, 0.15) is 25.1 Å². The largest absolute Gasteiger partial charge is 0.356 e. The average molecular weight is 351 g/mol. The van der Waals surface area contributed by atoms with Gasteiger partial charge in [0.05, 0.1) is 0 Å². The van der Waals surface area contributed by atoms with Gasteiger partial charge in [-0.15, -0.1) is 11.3 Å². The summed E-state index contributed by atoms with van der Waals surface area (Å²) < 4.78 is 0. The zero-order chi connectivity index (χ0) is 17.5. The monoisotopic (exact) mass is 350 g/mol. The number of guanidine groups is 1. The number of likely N-dealkylation sites (tertiary alicyclic amines) is 1. The van der Waals surface area contributed by atoms with Crippen LogP contribution in [0.4, 0.5) is 0 Å². The van der Waals surface area contributed by atoms with Gasteiger partial charge in [-0.2, -0.15) is 0 Å². The van der Waals surface area contributed by atoms with E-state index in [0.29, 0.717) is 5.92 Å². The van der Waals surface area contributed by atoms with Gasteiger partial charge in [-0.05, 0) is 36.1 Å². The number of nitrogens with one attached hydrogen (secondary N) is 1. The maximum Gasteiger partial charge on any atom is 0.243 e. The molecule has 2 heterocycles. The van der Waals surface area contributed by atoms with E-state index in [0.717, 1.165) is 37.9 Å². The van der Waals surface area contributed by atoms with Gasteiger partial charge in [-0.1, -0.05) is 19.9 Å². The second-order valence-corrected chi connectivity index (χ2v) is 7.91. The predicted molar refractivity (Wildman–Crippen MR) is 102 cm³/mol. The van der Waals surface area contributed by atoms with Crippen LogP contribution in [0.15, 0.2) is 22.5 Å². The molecule has 1 aromatic heterocycles. The van der Waals surface area contributed by atoms with Crippen LogP contribution < -0.4 is 5.32 Å². The highest BCUT2D eigenvalue weighted by atomic mass is 32.1. The van der Waals surface area contributed by atoms with Crippen LogP contribution in [-0.2, 0) is 11.2 Å². The van der Waals surface area contributed by atoms with Crippen molar-refractivity contribution in [1.82, 2.24) is 15.1 Å². The SMILES string of the molecule is CC1CCN(C(=NCC(=O)N(C)C)NCCc2cccs2)CC1C. The van der Waals surface area contributed by atoms with Gasteiger partial charge >= 0.3 is 0 Å². The number of likely N-dealkylation sites (N-methyl/N-ethyl adjacent to an activating group) is 1. The molecule has 2 atom stereocenters. The summed E-state index contributed by atoms with van der Waals surface area (Å²) >= 11 is 1.78. The van der Waals surface area contributed by atoms with Crippen LogP contribution in [0.5, 0.6) is 0 Å². The Hall–Kier alpha value is -1.56. The Morgan fingerprint density at radius 1 is 1.42 bits per heavy atom. The molecule has 0 radical (unpaired) electrons. The Labute approximate surface area is 149 Å². The Balaban J connectivity index is 1.97. The molecule has 0 aliphatic carbocycles. The Bertz CT molecular complexity index is 541. The highest BCUT2D eigenvalue weighted by molar-refractivity contribution is 7.09. The summed E-state index contributed by atoms with van der Waals surface area (Å²) in [6.45, 7) is 7.67.